The van der Waals surface area contributed by atoms with Crippen molar-refractivity contribution in [3.63, 3.8) is 0 Å². The summed E-state index contributed by atoms with van der Waals surface area (Å²) in [6, 6.07) is 10.8. The molecule has 0 saturated carbocycles. The average Bonchev–Trinajstić information content (AvgIpc) is 2.42. The Hall–Kier alpha value is -1.08. The van der Waals surface area contributed by atoms with Crippen molar-refractivity contribution >= 4 is 0 Å². The molecule has 0 aliphatic carbocycles. The second kappa shape index (κ2) is 7.38. The number of benzene rings is 1. The first-order valence-corrected chi connectivity index (χ1v) is 7.25. The summed E-state index contributed by atoms with van der Waals surface area (Å²) in [5.41, 5.74) is 3.16. The van der Waals surface area contributed by atoms with Gasteiger partial charge in [-0.05, 0) is 51.1 Å². The minimum Gasteiger partial charge on any atom is -0.306 e. The Morgan fingerprint density at radius 2 is 1.78 bits per heavy atom. The van der Waals surface area contributed by atoms with E-state index in [9.17, 15) is 0 Å². The van der Waals surface area contributed by atoms with Gasteiger partial charge < -0.3 is 4.90 Å². The molecular weight excluding hydrogens is 218 g/mol. The summed E-state index contributed by atoms with van der Waals surface area (Å²) in [7, 11) is 2.22. The predicted octanol–water partition coefficient (Wildman–Crippen LogP) is 4.05. The minimum atomic E-state index is 1.23. The predicted molar refractivity (Wildman–Crippen MR) is 78.8 cm³/mol. The molecule has 1 fully saturated rings. The van der Waals surface area contributed by atoms with Gasteiger partial charge in [-0.2, -0.15) is 0 Å². The fourth-order valence-corrected chi connectivity index (χ4v) is 2.53. The van der Waals surface area contributed by atoms with E-state index in [0.717, 1.165) is 0 Å². The highest BCUT2D eigenvalue weighted by Gasteiger charge is 2.08. The van der Waals surface area contributed by atoms with Crippen LogP contribution in [-0.4, -0.2) is 25.0 Å². The topological polar surface area (TPSA) is 3.24 Å². The molecule has 1 saturated heterocycles. The summed E-state index contributed by atoms with van der Waals surface area (Å²) in [6.45, 7) is 2.49. The van der Waals surface area contributed by atoms with Gasteiger partial charge in [0.2, 0.25) is 0 Å². The second-order valence-corrected chi connectivity index (χ2v) is 5.40. The van der Waals surface area contributed by atoms with Crippen molar-refractivity contribution in [2.24, 2.45) is 0 Å². The van der Waals surface area contributed by atoms with Crippen molar-refractivity contribution in [3.05, 3.63) is 47.5 Å². The molecule has 0 unspecified atom stereocenters. The van der Waals surface area contributed by atoms with Gasteiger partial charge in [-0.1, -0.05) is 42.0 Å². The quantitative estimate of drug-likeness (QED) is 0.557. The molecule has 18 heavy (non-hydrogen) atoms. The van der Waals surface area contributed by atoms with Gasteiger partial charge in [-0.3, -0.25) is 0 Å². The van der Waals surface area contributed by atoms with Crippen molar-refractivity contribution in [2.75, 3.05) is 20.1 Å². The van der Waals surface area contributed by atoms with Crippen LogP contribution in [-0.2, 0) is 6.42 Å². The molecule has 1 aromatic rings. The van der Waals surface area contributed by atoms with Crippen LogP contribution < -0.4 is 0 Å². The molecule has 0 atom stereocenters. The van der Waals surface area contributed by atoms with Crippen LogP contribution in [0, 0.1) is 0 Å². The molecule has 98 valence electrons. The van der Waals surface area contributed by atoms with Crippen LogP contribution in [0.1, 0.15) is 37.7 Å². The monoisotopic (exact) mass is 243 g/mol. The van der Waals surface area contributed by atoms with Crippen LogP contribution in [0.3, 0.4) is 0 Å². The molecule has 1 aliphatic heterocycles. The minimum absolute atomic E-state index is 1.23. The smallest absolute Gasteiger partial charge is 0.00157 e. The maximum Gasteiger partial charge on any atom is 0.00157 e. The van der Waals surface area contributed by atoms with E-state index in [4.69, 9.17) is 0 Å². The lowest BCUT2D eigenvalue weighted by Crippen LogP contribution is -2.26. The molecule has 1 nitrogen and oxygen atoms in total. The number of unbranched alkanes of at least 4 members (excludes halogenated alkanes) is 2. The number of aryl methyl sites for hydroxylation is 1. The highest BCUT2D eigenvalue weighted by molar-refractivity contribution is 5.14. The zero-order valence-corrected chi connectivity index (χ0v) is 11.6. The molecular formula is C17H25N. The van der Waals surface area contributed by atoms with E-state index in [2.05, 4.69) is 48.4 Å². The molecule has 0 spiro atoms. The summed E-state index contributed by atoms with van der Waals surface area (Å²) < 4.78 is 0. The van der Waals surface area contributed by atoms with Crippen molar-refractivity contribution < 1.29 is 0 Å². The lowest BCUT2D eigenvalue weighted by Gasteiger charge is -2.24. The third-order valence-corrected chi connectivity index (χ3v) is 3.82. The zero-order chi connectivity index (χ0) is 12.6. The summed E-state index contributed by atoms with van der Waals surface area (Å²) in [6.07, 6.45) is 10.2. The Kier molecular flexibility index (Phi) is 5.47. The van der Waals surface area contributed by atoms with Crippen LogP contribution in [0.4, 0.5) is 0 Å². The molecule has 2 rings (SSSR count). The van der Waals surface area contributed by atoms with Gasteiger partial charge in [0.1, 0.15) is 0 Å². The van der Waals surface area contributed by atoms with E-state index in [1.54, 1.807) is 5.57 Å². The number of hydrogen-bond donors (Lipinski definition) is 0. The molecule has 1 aliphatic rings. The lowest BCUT2D eigenvalue weighted by atomic mass is 10.0. The van der Waals surface area contributed by atoms with Gasteiger partial charge in [-0.25, -0.2) is 0 Å². The largest absolute Gasteiger partial charge is 0.306 e. The van der Waals surface area contributed by atoms with E-state index in [-0.39, 0.29) is 0 Å². The van der Waals surface area contributed by atoms with Crippen molar-refractivity contribution in [1.29, 1.82) is 0 Å². The maximum absolute atomic E-state index is 2.50. The first kappa shape index (κ1) is 13.4. The van der Waals surface area contributed by atoms with Crippen molar-refractivity contribution in [1.82, 2.24) is 4.90 Å². The Bertz CT molecular complexity index is 356. The van der Waals surface area contributed by atoms with Crippen LogP contribution >= 0.6 is 0 Å². The van der Waals surface area contributed by atoms with E-state index >= 15 is 0 Å². The van der Waals surface area contributed by atoms with Crippen molar-refractivity contribution in [2.45, 2.75) is 38.5 Å². The van der Waals surface area contributed by atoms with Crippen LogP contribution in [0.2, 0.25) is 0 Å². The van der Waals surface area contributed by atoms with Gasteiger partial charge in [0.05, 0.1) is 0 Å². The maximum atomic E-state index is 2.50. The third kappa shape index (κ3) is 4.66. The molecule has 1 aromatic carbocycles. The van der Waals surface area contributed by atoms with E-state index < -0.39 is 0 Å². The fourth-order valence-electron chi connectivity index (χ4n) is 2.53. The van der Waals surface area contributed by atoms with Crippen LogP contribution in [0.25, 0.3) is 0 Å². The number of hydrogen-bond acceptors (Lipinski definition) is 1. The van der Waals surface area contributed by atoms with Crippen LogP contribution in [0.15, 0.2) is 42.0 Å². The molecule has 0 N–H and O–H groups in total. The zero-order valence-electron chi connectivity index (χ0n) is 11.6. The summed E-state index contributed by atoms with van der Waals surface area (Å²) >= 11 is 0. The summed E-state index contributed by atoms with van der Waals surface area (Å²) in [5, 5.41) is 0. The number of nitrogens with zero attached hydrogens (tertiary/aromatic N) is 1. The Morgan fingerprint density at radius 3 is 2.50 bits per heavy atom. The van der Waals surface area contributed by atoms with E-state index in [1.807, 2.05) is 0 Å². The first-order chi connectivity index (χ1) is 8.84. The van der Waals surface area contributed by atoms with Gasteiger partial charge in [0.25, 0.3) is 0 Å². The van der Waals surface area contributed by atoms with Crippen LogP contribution in [0.5, 0.6) is 0 Å². The van der Waals surface area contributed by atoms with Gasteiger partial charge >= 0.3 is 0 Å². The first-order valence-electron chi connectivity index (χ1n) is 7.25. The van der Waals surface area contributed by atoms with Crippen molar-refractivity contribution in [3.8, 4) is 0 Å². The third-order valence-electron chi connectivity index (χ3n) is 3.82. The summed E-state index contributed by atoms with van der Waals surface area (Å²) in [4.78, 5) is 2.42. The van der Waals surface area contributed by atoms with Gasteiger partial charge in [-0.15, -0.1) is 0 Å². The SMILES string of the molecule is CN1CCC(=CCCCCc2ccccc2)CC1. The molecule has 0 bridgehead atoms. The Morgan fingerprint density at radius 1 is 1.06 bits per heavy atom. The number of likely N-dealkylation sites (tertiary alicyclic amines) is 1. The highest BCUT2D eigenvalue weighted by Crippen LogP contribution is 2.16. The molecule has 1 heterocycles. The second-order valence-electron chi connectivity index (χ2n) is 5.40. The average molecular weight is 243 g/mol. The molecule has 1 heteroatoms. The standard InChI is InChI=1S/C17H25N/c1-18-14-12-17(13-15-18)11-7-3-6-10-16-8-4-2-5-9-16/h2,4-5,8-9,11H,3,6-7,10,12-15H2,1H3. The molecule has 0 aromatic heterocycles. The van der Waals surface area contributed by atoms with E-state index in [1.165, 1.54) is 57.2 Å². The fraction of sp³-hybridized carbons (Fsp3) is 0.529. The van der Waals surface area contributed by atoms with E-state index in [0.29, 0.717) is 0 Å². The number of rotatable bonds is 5. The molecule has 0 amide bonds. The molecule has 0 radical (unpaired) electrons. The number of allylic oxidation sites excluding steroid dienone is 1. The van der Waals surface area contributed by atoms with Gasteiger partial charge in [0, 0.05) is 13.1 Å². The number of piperidine rings is 1. The Labute approximate surface area is 112 Å². The lowest BCUT2D eigenvalue weighted by molar-refractivity contribution is 0.312. The summed E-state index contributed by atoms with van der Waals surface area (Å²) in [5.74, 6) is 0. The van der Waals surface area contributed by atoms with Gasteiger partial charge in [0.15, 0.2) is 0 Å². The Balaban J connectivity index is 1.60. The normalized spacial score (nSPS) is 16.8. The highest BCUT2D eigenvalue weighted by atomic mass is 15.1.